The van der Waals surface area contributed by atoms with E-state index < -0.39 is 6.10 Å². The van der Waals surface area contributed by atoms with Gasteiger partial charge >= 0.3 is 0 Å². The molecule has 2 aromatic carbocycles. The van der Waals surface area contributed by atoms with Crippen molar-refractivity contribution in [2.45, 2.75) is 31.9 Å². The lowest BCUT2D eigenvalue weighted by atomic mass is 10.1. The van der Waals surface area contributed by atoms with Crippen molar-refractivity contribution in [3.8, 4) is 17.0 Å². The van der Waals surface area contributed by atoms with Gasteiger partial charge in [0.15, 0.2) is 5.65 Å². The van der Waals surface area contributed by atoms with Crippen molar-refractivity contribution in [3.05, 3.63) is 60.6 Å². The highest BCUT2D eigenvalue weighted by Gasteiger charge is 2.22. The van der Waals surface area contributed by atoms with Gasteiger partial charge in [-0.2, -0.15) is 5.10 Å². The van der Waals surface area contributed by atoms with Gasteiger partial charge in [0.1, 0.15) is 29.3 Å². The summed E-state index contributed by atoms with van der Waals surface area (Å²) in [5.74, 6) is 0.525. The number of para-hydroxylation sites is 1. The SMILES string of the molecule is COc1cc(-c2nn(CC(O)CN3CCCCC3)c3ncnc(N)c23)ccc1NC(=O)c1cc2ccccc2n1C. The van der Waals surface area contributed by atoms with Crippen LogP contribution in [0.2, 0.25) is 0 Å². The number of ether oxygens (including phenoxy) is 1. The number of aliphatic hydroxyl groups excluding tert-OH is 1. The normalized spacial score (nSPS) is 14.9. The van der Waals surface area contributed by atoms with Crippen LogP contribution in [0.3, 0.4) is 0 Å². The van der Waals surface area contributed by atoms with Gasteiger partial charge in [-0.15, -0.1) is 0 Å². The number of hydrogen-bond donors (Lipinski definition) is 3. The number of rotatable bonds is 8. The average Bonchev–Trinajstić information content (AvgIpc) is 3.52. The Balaban J connectivity index is 1.29. The summed E-state index contributed by atoms with van der Waals surface area (Å²) in [7, 11) is 3.42. The zero-order valence-electron chi connectivity index (χ0n) is 23.2. The fraction of sp³-hybridized carbons (Fsp3) is 0.333. The molecule has 1 unspecified atom stereocenters. The molecule has 4 heterocycles. The van der Waals surface area contributed by atoms with Crippen LogP contribution in [0.15, 0.2) is 54.9 Å². The second-order valence-corrected chi connectivity index (χ2v) is 10.5. The number of aromatic nitrogens is 5. The molecule has 1 aliphatic heterocycles. The number of nitrogen functional groups attached to an aromatic ring is 1. The number of carbonyl (C=O) groups excluding carboxylic acids is 1. The first-order valence-corrected chi connectivity index (χ1v) is 13.8. The molecule has 1 amide bonds. The molecule has 1 atom stereocenters. The van der Waals surface area contributed by atoms with Gasteiger partial charge in [-0.3, -0.25) is 4.79 Å². The molecule has 212 valence electrons. The molecule has 0 spiro atoms. The molecule has 11 nitrogen and oxygen atoms in total. The number of anilines is 2. The number of β-amino-alcohol motifs (C(OH)–C–C–N with tert-alkyl or cyclic N) is 1. The minimum Gasteiger partial charge on any atom is -0.495 e. The molecule has 0 bridgehead atoms. The monoisotopic (exact) mass is 554 g/mol. The molecule has 0 saturated carbocycles. The maximum atomic E-state index is 13.2. The molecular weight excluding hydrogens is 520 g/mol. The third-order valence-electron chi connectivity index (χ3n) is 7.77. The van der Waals surface area contributed by atoms with Crippen molar-refractivity contribution in [1.29, 1.82) is 0 Å². The Morgan fingerprint density at radius 2 is 1.90 bits per heavy atom. The van der Waals surface area contributed by atoms with Crippen molar-refractivity contribution in [1.82, 2.24) is 29.2 Å². The van der Waals surface area contributed by atoms with Crippen LogP contribution in [-0.4, -0.2) is 73.1 Å². The van der Waals surface area contributed by atoms with Gasteiger partial charge in [0, 0.05) is 30.1 Å². The zero-order chi connectivity index (χ0) is 28.5. The van der Waals surface area contributed by atoms with Gasteiger partial charge in [0.2, 0.25) is 0 Å². The highest BCUT2D eigenvalue weighted by molar-refractivity contribution is 6.07. The summed E-state index contributed by atoms with van der Waals surface area (Å²) in [5, 5.41) is 20.3. The second kappa shape index (κ2) is 11.2. The van der Waals surface area contributed by atoms with E-state index in [0.29, 0.717) is 46.2 Å². The lowest BCUT2D eigenvalue weighted by Gasteiger charge is -2.28. The maximum absolute atomic E-state index is 13.2. The number of carbonyl (C=O) groups is 1. The minimum atomic E-state index is -0.610. The van der Waals surface area contributed by atoms with Crippen molar-refractivity contribution in [3.63, 3.8) is 0 Å². The first-order chi connectivity index (χ1) is 19.9. The number of nitrogens with one attached hydrogen (secondary N) is 1. The van der Waals surface area contributed by atoms with Crippen LogP contribution in [0, 0.1) is 0 Å². The molecular formula is C30H34N8O3. The Hall–Kier alpha value is -4.48. The number of fused-ring (bicyclic) bond motifs is 2. The standard InChI is InChI=1S/C30H34N8O3/c1-36-23-9-5-4-8-19(23)14-24(36)30(40)34-22-11-10-20(15-25(22)41-2)27-26-28(31)32-18-33-29(26)38(35-27)17-21(39)16-37-12-6-3-7-13-37/h4-5,8-11,14-15,18,21,39H,3,6-7,12-13,16-17H2,1-2H3,(H,34,40)(H2,31,32,33). The number of methoxy groups -OCH3 is 1. The van der Waals surface area contributed by atoms with Crippen LogP contribution < -0.4 is 15.8 Å². The number of piperidine rings is 1. The average molecular weight is 555 g/mol. The Kier molecular flexibility index (Phi) is 7.29. The van der Waals surface area contributed by atoms with E-state index in [1.165, 1.54) is 12.7 Å². The van der Waals surface area contributed by atoms with Gasteiger partial charge in [-0.1, -0.05) is 30.7 Å². The van der Waals surface area contributed by atoms with Crippen LogP contribution in [0.25, 0.3) is 33.2 Å². The number of benzene rings is 2. The van der Waals surface area contributed by atoms with Gasteiger partial charge in [-0.25, -0.2) is 14.6 Å². The van der Waals surface area contributed by atoms with Crippen LogP contribution >= 0.6 is 0 Å². The molecule has 5 aromatic rings. The number of likely N-dealkylation sites (tertiary alicyclic amines) is 1. The largest absolute Gasteiger partial charge is 0.495 e. The Morgan fingerprint density at radius 1 is 1.10 bits per heavy atom. The fourth-order valence-electron chi connectivity index (χ4n) is 5.69. The molecule has 6 rings (SSSR count). The maximum Gasteiger partial charge on any atom is 0.272 e. The van der Waals surface area contributed by atoms with Gasteiger partial charge in [-0.05, 0) is 50.2 Å². The van der Waals surface area contributed by atoms with E-state index in [1.807, 2.05) is 48.0 Å². The molecule has 0 radical (unpaired) electrons. The predicted molar refractivity (Wildman–Crippen MR) is 159 cm³/mol. The molecule has 0 aliphatic carbocycles. The molecule has 4 N–H and O–H groups in total. The summed E-state index contributed by atoms with van der Waals surface area (Å²) in [6, 6.07) is 15.2. The van der Waals surface area contributed by atoms with Crippen molar-refractivity contribution in [2.75, 3.05) is 37.8 Å². The predicted octanol–water partition coefficient (Wildman–Crippen LogP) is 3.67. The Bertz CT molecular complexity index is 1720. The first-order valence-electron chi connectivity index (χ1n) is 13.8. The van der Waals surface area contributed by atoms with Crippen molar-refractivity contribution < 1.29 is 14.6 Å². The fourth-order valence-corrected chi connectivity index (χ4v) is 5.69. The summed E-state index contributed by atoms with van der Waals surface area (Å²) in [5.41, 5.74) is 10.2. The number of amides is 1. The highest BCUT2D eigenvalue weighted by Crippen LogP contribution is 2.35. The van der Waals surface area contributed by atoms with E-state index in [-0.39, 0.29) is 12.5 Å². The number of hydrogen-bond acceptors (Lipinski definition) is 8. The van der Waals surface area contributed by atoms with Crippen molar-refractivity contribution >= 4 is 39.3 Å². The van der Waals surface area contributed by atoms with Crippen molar-refractivity contribution in [2.24, 2.45) is 7.05 Å². The highest BCUT2D eigenvalue weighted by atomic mass is 16.5. The van der Waals surface area contributed by atoms with Gasteiger partial charge in [0.05, 0.1) is 30.8 Å². The van der Waals surface area contributed by atoms with E-state index in [0.717, 1.165) is 42.4 Å². The minimum absolute atomic E-state index is 0.246. The zero-order valence-corrected chi connectivity index (χ0v) is 23.2. The summed E-state index contributed by atoms with van der Waals surface area (Å²) in [6.45, 7) is 2.86. The lowest BCUT2D eigenvalue weighted by Crippen LogP contribution is -2.38. The quantitative estimate of drug-likeness (QED) is 0.264. The van der Waals surface area contributed by atoms with E-state index in [1.54, 1.807) is 23.9 Å². The second-order valence-electron chi connectivity index (χ2n) is 10.5. The number of aryl methyl sites for hydroxylation is 1. The topological polar surface area (TPSA) is 136 Å². The summed E-state index contributed by atoms with van der Waals surface area (Å²) < 4.78 is 9.23. The third-order valence-corrected chi connectivity index (χ3v) is 7.77. The Labute approximate surface area is 237 Å². The van der Waals surface area contributed by atoms with Gasteiger partial charge in [0.25, 0.3) is 5.91 Å². The summed E-state index contributed by atoms with van der Waals surface area (Å²) in [4.78, 5) is 24.2. The number of nitrogens with two attached hydrogens (primary N) is 1. The molecule has 1 saturated heterocycles. The third kappa shape index (κ3) is 5.21. The molecule has 3 aromatic heterocycles. The Morgan fingerprint density at radius 3 is 2.68 bits per heavy atom. The van der Waals surface area contributed by atoms with Crippen LogP contribution in [0.5, 0.6) is 5.75 Å². The summed E-state index contributed by atoms with van der Waals surface area (Å²) in [6.07, 6.45) is 4.35. The van der Waals surface area contributed by atoms with E-state index in [4.69, 9.17) is 15.6 Å². The number of aliphatic hydroxyl groups is 1. The van der Waals surface area contributed by atoms with Crippen LogP contribution in [0.1, 0.15) is 29.8 Å². The van der Waals surface area contributed by atoms with E-state index >= 15 is 0 Å². The molecule has 1 aliphatic rings. The van der Waals surface area contributed by atoms with Crippen LogP contribution in [0.4, 0.5) is 11.5 Å². The lowest BCUT2D eigenvalue weighted by molar-refractivity contribution is 0.0865. The molecule has 41 heavy (non-hydrogen) atoms. The van der Waals surface area contributed by atoms with E-state index in [9.17, 15) is 9.90 Å². The molecule has 11 heteroatoms. The first kappa shape index (κ1) is 26.7. The van der Waals surface area contributed by atoms with Gasteiger partial charge < -0.3 is 30.4 Å². The smallest absolute Gasteiger partial charge is 0.272 e. The van der Waals surface area contributed by atoms with E-state index in [2.05, 4.69) is 20.2 Å². The van der Waals surface area contributed by atoms with Crippen LogP contribution in [-0.2, 0) is 13.6 Å². The molecule has 1 fully saturated rings. The summed E-state index contributed by atoms with van der Waals surface area (Å²) >= 11 is 0. The number of nitrogens with zero attached hydrogens (tertiary/aromatic N) is 6.